The maximum absolute atomic E-state index is 12.1. The van der Waals surface area contributed by atoms with E-state index in [4.69, 9.17) is 9.72 Å². The molecule has 0 radical (unpaired) electrons. The van der Waals surface area contributed by atoms with Gasteiger partial charge in [-0.15, -0.1) is 0 Å². The molecule has 0 unspecified atom stereocenters. The van der Waals surface area contributed by atoms with Crippen LogP contribution in [0, 0.1) is 18.8 Å². The van der Waals surface area contributed by atoms with Crippen molar-refractivity contribution in [2.24, 2.45) is 0 Å². The van der Waals surface area contributed by atoms with Crippen molar-refractivity contribution >= 4 is 34.1 Å². The van der Waals surface area contributed by atoms with Gasteiger partial charge in [-0.3, -0.25) is 4.79 Å². The van der Waals surface area contributed by atoms with Crippen molar-refractivity contribution in [3.63, 3.8) is 0 Å². The van der Waals surface area contributed by atoms with Gasteiger partial charge in [0.25, 0.3) is 0 Å². The van der Waals surface area contributed by atoms with Crippen molar-refractivity contribution in [2.45, 2.75) is 25.8 Å². The Morgan fingerprint density at radius 2 is 2.08 bits per heavy atom. The van der Waals surface area contributed by atoms with E-state index in [1.807, 2.05) is 49.4 Å². The molecule has 0 saturated carbocycles. The third-order valence-corrected chi connectivity index (χ3v) is 6.48. The Kier molecular flexibility index (Phi) is 6.31. The number of rotatable bonds is 5. The molecule has 4 aromatic heterocycles. The molecule has 5 heterocycles. The van der Waals surface area contributed by atoms with Gasteiger partial charge in [0.15, 0.2) is 11.5 Å². The van der Waals surface area contributed by atoms with E-state index in [0.717, 1.165) is 29.8 Å². The number of benzene rings is 1. The number of amides is 1. The molecular weight excluding hydrogens is 492 g/mol. The molecule has 39 heavy (non-hydrogen) atoms. The van der Waals surface area contributed by atoms with Gasteiger partial charge in [-0.05, 0) is 73.7 Å². The van der Waals surface area contributed by atoms with Crippen LogP contribution in [-0.2, 0) is 4.79 Å². The van der Waals surface area contributed by atoms with Crippen LogP contribution in [0.2, 0.25) is 0 Å². The van der Waals surface area contributed by atoms with Gasteiger partial charge in [-0.1, -0.05) is 12.5 Å². The molecule has 192 valence electrons. The van der Waals surface area contributed by atoms with E-state index < -0.39 is 0 Å². The Hall–Kier alpha value is -5.30. The zero-order valence-corrected chi connectivity index (χ0v) is 21.2. The number of aromatic nitrogens is 6. The zero-order valence-electron chi connectivity index (χ0n) is 21.2. The van der Waals surface area contributed by atoms with Crippen LogP contribution >= 0.6 is 0 Å². The first-order valence-electron chi connectivity index (χ1n) is 12.5. The number of anilines is 2. The second kappa shape index (κ2) is 10.2. The molecule has 5 aromatic rings. The zero-order chi connectivity index (χ0) is 26.8. The van der Waals surface area contributed by atoms with Crippen LogP contribution in [0.15, 0.2) is 74.0 Å². The largest absolute Gasteiger partial charge is 0.457 e. The second-order valence-electron chi connectivity index (χ2n) is 9.08. The third kappa shape index (κ3) is 4.98. The van der Waals surface area contributed by atoms with E-state index in [0.29, 0.717) is 40.5 Å². The first-order chi connectivity index (χ1) is 19.1. The summed E-state index contributed by atoms with van der Waals surface area (Å²) in [6.07, 6.45) is 7.90. The van der Waals surface area contributed by atoms with Crippen LogP contribution in [-0.4, -0.2) is 52.9 Å². The van der Waals surface area contributed by atoms with Crippen LogP contribution in [0.4, 0.5) is 11.5 Å². The molecule has 0 bridgehead atoms. The van der Waals surface area contributed by atoms with Crippen molar-refractivity contribution in [1.82, 2.24) is 34.4 Å². The van der Waals surface area contributed by atoms with E-state index >= 15 is 0 Å². The van der Waals surface area contributed by atoms with Crippen molar-refractivity contribution in [2.75, 3.05) is 11.9 Å². The predicted molar refractivity (Wildman–Crippen MR) is 147 cm³/mol. The highest BCUT2D eigenvalue weighted by Gasteiger charge is 2.25. The first-order valence-corrected chi connectivity index (χ1v) is 12.5. The van der Waals surface area contributed by atoms with Gasteiger partial charge in [-0.2, -0.15) is 5.10 Å². The molecule has 10 nitrogen and oxygen atoms in total. The molecule has 0 aliphatic carbocycles. The summed E-state index contributed by atoms with van der Waals surface area (Å²) in [7, 11) is 0. The number of hydrogen-bond donors (Lipinski definition) is 1. The highest BCUT2D eigenvalue weighted by Crippen LogP contribution is 2.30. The van der Waals surface area contributed by atoms with Gasteiger partial charge in [0, 0.05) is 24.5 Å². The lowest BCUT2D eigenvalue weighted by Gasteiger charge is -2.18. The maximum atomic E-state index is 12.1. The van der Waals surface area contributed by atoms with Crippen molar-refractivity contribution in [3.8, 4) is 23.3 Å². The van der Waals surface area contributed by atoms with Gasteiger partial charge >= 0.3 is 0 Å². The van der Waals surface area contributed by atoms with E-state index in [2.05, 4.69) is 43.8 Å². The Balaban J connectivity index is 1.23. The Morgan fingerprint density at radius 3 is 2.95 bits per heavy atom. The highest BCUT2D eigenvalue weighted by atomic mass is 16.5. The maximum Gasteiger partial charge on any atom is 0.246 e. The average molecular weight is 517 g/mol. The van der Waals surface area contributed by atoms with Crippen molar-refractivity contribution in [1.29, 1.82) is 0 Å². The van der Waals surface area contributed by atoms with E-state index in [9.17, 15) is 4.79 Å². The highest BCUT2D eigenvalue weighted by molar-refractivity contribution is 5.88. The summed E-state index contributed by atoms with van der Waals surface area (Å²) in [4.78, 5) is 31.5. The number of carbonyl (C=O) groups is 1. The van der Waals surface area contributed by atoms with Gasteiger partial charge in [-0.25, -0.2) is 24.5 Å². The molecule has 1 aliphatic rings. The summed E-state index contributed by atoms with van der Waals surface area (Å²) in [6, 6.07) is 13.0. The minimum absolute atomic E-state index is 0.0961. The van der Waals surface area contributed by atoms with Gasteiger partial charge < -0.3 is 15.0 Å². The lowest BCUT2D eigenvalue weighted by atomic mass is 10.2. The first kappa shape index (κ1) is 24.1. The number of aryl methyl sites for hydroxylation is 1. The van der Waals surface area contributed by atoms with Gasteiger partial charge in [0.05, 0.1) is 11.6 Å². The lowest BCUT2D eigenvalue weighted by Crippen LogP contribution is -2.33. The predicted octanol–water partition coefficient (Wildman–Crippen LogP) is 4.44. The number of ether oxygens (including phenoxy) is 1. The number of likely N-dealkylation sites (tertiary alicyclic amines) is 1. The number of carbonyl (C=O) groups excluding carboxylic acids is 1. The smallest absolute Gasteiger partial charge is 0.246 e. The van der Waals surface area contributed by atoms with Crippen LogP contribution in [0.5, 0.6) is 11.5 Å². The summed E-state index contributed by atoms with van der Waals surface area (Å²) >= 11 is 0. The number of nitrogens with zero attached hydrogens (tertiary/aromatic N) is 7. The molecule has 1 saturated heterocycles. The number of fused-ring (bicyclic) bond motifs is 2. The Labute approximate surface area is 224 Å². The normalized spacial score (nSPS) is 14.7. The van der Waals surface area contributed by atoms with Crippen LogP contribution in [0.1, 0.15) is 24.1 Å². The fourth-order valence-corrected chi connectivity index (χ4v) is 4.52. The van der Waals surface area contributed by atoms with Gasteiger partial charge in [0.1, 0.15) is 35.4 Å². The Bertz CT molecular complexity index is 1790. The Morgan fingerprint density at radius 1 is 1.15 bits per heavy atom. The average Bonchev–Trinajstić information content (AvgIpc) is 3.62. The molecule has 1 aliphatic heterocycles. The monoisotopic (exact) mass is 516 g/mol. The third-order valence-electron chi connectivity index (χ3n) is 6.48. The van der Waals surface area contributed by atoms with E-state index in [-0.39, 0.29) is 11.9 Å². The standard InChI is InChI=1S/C29H24N8O2/c1-3-27(38)36-13-4-5-22(36)9-6-20-7-10-24-28(34-20)29(32-17-30-24)35-21-8-11-25(19(2)15-21)39-23-12-14-37-26(16-23)31-18-33-37/h3,7-8,10-12,14-18,22H,1,4-5,13H2,2H3,(H,30,32,35)/t22-/m0/s1. The molecule has 1 atom stereocenters. The quantitative estimate of drug-likeness (QED) is 0.270. The van der Waals surface area contributed by atoms with Crippen molar-refractivity contribution < 1.29 is 9.53 Å². The summed E-state index contributed by atoms with van der Waals surface area (Å²) in [5.41, 5.74) is 4.37. The van der Waals surface area contributed by atoms with Crippen molar-refractivity contribution in [3.05, 3.63) is 85.2 Å². The molecule has 6 rings (SSSR count). The summed E-state index contributed by atoms with van der Waals surface area (Å²) < 4.78 is 7.76. The minimum atomic E-state index is -0.139. The lowest BCUT2D eigenvalue weighted by molar-refractivity contribution is -0.125. The summed E-state index contributed by atoms with van der Waals surface area (Å²) in [5, 5.41) is 7.46. The van der Waals surface area contributed by atoms with E-state index in [1.54, 1.807) is 15.6 Å². The molecule has 1 N–H and O–H groups in total. The topological polar surface area (TPSA) is 110 Å². The molecular formula is C29H24N8O2. The fraction of sp³-hybridized carbons (Fsp3) is 0.172. The molecule has 1 fully saturated rings. The van der Waals surface area contributed by atoms with Crippen LogP contribution in [0.25, 0.3) is 16.7 Å². The molecule has 1 aromatic carbocycles. The summed E-state index contributed by atoms with van der Waals surface area (Å²) in [6.45, 7) is 6.26. The number of hydrogen-bond acceptors (Lipinski definition) is 8. The summed E-state index contributed by atoms with van der Waals surface area (Å²) in [5.74, 6) is 8.20. The number of pyridine rings is 2. The number of nitrogens with one attached hydrogen (secondary N) is 1. The minimum Gasteiger partial charge on any atom is -0.457 e. The second-order valence-corrected chi connectivity index (χ2v) is 9.08. The molecule has 0 spiro atoms. The van der Waals surface area contributed by atoms with Crippen LogP contribution < -0.4 is 10.1 Å². The van der Waals surface area contributed by atoms with Crippen LogP contribution in [0.3, 0.4) is 0 Å². The molecule has 10 heteroatoms. The fourth-order valence-electron chi connectivity index (χ4n) is 4.52. The SMILES string of the molecule is C=CC(=O)N1CCC[C@H]1C#Cc1ccc2ncnc(Nc3ccc(Oc4ccn5ncnc5c4)c(C)c3)c2n1. The van der Waals surface area contributed by atoms with E-state index in [1.165, 1.54) is 18.7 Å². The molecule has 1 amide bonds. The van der Waals surface area contributed by atoms with Gasteiger partial charge in [0.2, 0.25) is 5.91 Å².